The van der Waals surface area contributed by atoms with Gasteiger partial charge in [-0.25, -0.2) is 4.98 Å². The lowest BCUT2D eigenvalue weighted by molar-refractivity contribution is 0.0806. The minimum atomic E-state index is -0.750. The fraction of sp³-hybridized carbons (Fsp3) is 0.308. The summed E-state index contributed by atoms with van der Waals surface area (Å²) in [6.45, 7) is 0.119. The summed E-state index contributed by atoms with van der Waals surface area (Å²) in [4.78, 5) is 4.28. The van der Waals surface area contributed by atoms with Crippen molar-refractivity contribution in [3.8, 4) is 0 Å². The number of hydrogen-bond donors (Lipinski definition) is 2. The van der Waals surface area contributed by atoms with Gasteiger partial charge in [0.05, 0.1) is 19.3 Å². The van der Waals surface area contributed by atoms with E-state index in [1.807, 2.05) is 35.0 Å². The molecule has 0 amide bonds. The van der Waals surface area contributed by atoms with E-state index in [1.54, 1.807) is 6.20 Å². The minimum Gasteiger partial charge on any atom is -0.394 e. The molecule has 0 aliphatic heterocycles. The van der Waals surface area contributed by atoms with Gasteiger partial charge in [0.15, 0.2) is 0 Å². The van der Waals surface area contributed by atoms with Crippen LogP contribution in [0.2, 0.25) is 0 Å². The number of nitrogens with zero attached hydrogens (tertiary/aromatic N) is 2. The molecular weight excluding hydrogens is 296 g/mol. The van der Waals surface area contributed by atoms with Crippen molar-refractivity contribution in [3.63, 3.8) is 0 Å². The number of aromatic nitrogens is 2. The summed E-state index contributed by atoms with van der Waals surface area (Å²) < 4.78 is 2.90. The van der Waals surface area contributed by atoms with Crippen LogP contribution in [0.5, 0.6) is 0 Å². The standard InChI is InChI=1S/C13H15BrN2O2/c14-11-3-1-2-10(6-11)7-13-15-4-5-16(13)8-12(18)9-17/h1-6,12,17-18H,7-9H2. The van der Waals surface area contributed by atoms with Gasteiger partial charge in [0.2, 0.25) is 0 Å². The molecule has 1 heterocycles. The molecule has 2 N–H and O–H groups in total. The Hall–Kier alpha value is -1.17. The zero-order valence-corrected chi connectivity index (χ0v) is 11.4. The van der Waals surface area contributed by atoms with Gasteiger partial charge in [0.25, 0.3) is 0 Å². The Morgan fingerprint density at radius 1 is 1.39 bits per heavy atom. The molecule has 1 unspecified atom stereocenters. The molecule has 96 valence electrons. The lowest BCUT2D eigenvalue weighted by atomic mass is 10.1. The molecule has 1 aromatic carbocycles. The molecule has 4 nitrogen and oxygen atoms in total. The minimum absolute atomic E-state index is 0.242. The Morgan fingerprint density at radius 3 is 2.94 bits per heavy atom. The van der Waals surface area contributed by atoms with Crippen LogP contribution in [0.15, 0.2) is 41.1 Å². The van der Waals surface area contributed by atoms with Gasteiger partial charge in [-0.2, -0.15) is 0 Å². The van der Waals surface area contributed by atoms with Crippen molar-refractivity contribution in [1.29, 1.82) is 0 Å². The van der Waals surface area contributed by atoms with E-state index in [1.165, 1.54) is 0 Å². The van der Waals surface area contributed by atoms with Crippen molar-refractivity contribution >= 4 is 15.9 Å². The van der Waals surface area contributed by atoms with E-state index >= 15 is 0 Å². The van der Waals surface area contributed by atoms with E-state index in [0.717, 1.165) is 15.9 Å². The molecule has 2 aromatic rings. The van der Waals surface area contributed by atoms with Crippen LogP contribution in [0.4, 0.5) is 0 Å². The second kappa shape index (κ2) is 6.13. The molecule has 0 saturated carbocycles. The van der Waals surface area contributed by atoms with Gasteiger partial charge in [-0.05, 0) is 17.7 Å². The van der Waals surface area contributed by atoms with Crippen LogP contribution in [-0.4, -0.2) is 32.5 Å². The fourth-order valence-corrected chi connectivity index (χ4v) is 2.23. The number of benzene rings is 1. The number of aliphatic hydroxyl groups excluding tert-OH is 2. The number of aliphatic hydroxyl groups is 2. The molecule has 1 aromatic heterocycles. The molecule has 18 heavy (non-hydrogen) atoms. The predicted octanol–water partition coefficient (Wildman–Crippen LogP) is 1.59. The quantitative estimate of drug-likeness (QED) is 0.881. The molecular formula is C13H15BrN2O2. The summed E-state index contributed by atoms with van der Waals surface area (Å²) in [6.07, 6.45) is 3.47. The molecule has 0 fully saturated rings. The number of rotatable bonds is 5. The van der Waals surface area contributed by atoms with Crippen molar-refractivity contribution in [2.45, 2.75) is 19.1 Å². The lowest BCUT2D eigenvalue weighted by Gasteiger charge is -2.11. The summed E-state index contributed by atoms with van der Waals surface area (Å²) in [5.74, 6) is 0.876. The molecule has 0 aliphatic carbocycles. The first-order chi connectivity index (χ1) is 8.69. The van der Waals surface area contributed by atoms with E-state index in [2.05, 4.69) is 20.9 Å². The summed E-state index contributed by atoms with van der Waals surface area (Å²) >= 11 is 3.44. The third-order valence-corrected chi connectivity index (χ3v) is 3.16. The summed E-state index contributed by atoms with van der Waals surface area (Å²) in [5.41, 5.74) is 1.15. The normalized spacial score (nSPS) is 12.6. The van der Waals surface area contributed by atoms with Crippen LogP contribution in [0, 0.1) is 0 Å². The Bertz CT molecular complexity index is 513. The van der Waals surface area contributed by atoms with Crippen LogP contribution in [-0.2, 0) is 13.0 Å². The van der Waals surface area contributed by atoms with E-state index in [-0.39, 0.29) is 6.61 Å². The average Bonchev–Trinajstić information content (AvgIpc) is 2.76. The van der Waals surface area contributed by atoms with Gasteiger partial charge in [-0.3, -0.25) is 0 Å². The Balaban J connectivity index is 2.12. The van der Waals surface area contributed by atoms with Crippen molar-refractivity contribution in [2.75, 3.05) is 6.61 Å². The Morgan fingerprint density at radius 2 is 2.22 bits per heavy atom. The van der Waals surface area contributed by atoms with Crippen molar-refractivity contribution in [3.05, 3.63) is 52.5 Å². The number of imidazole rings is 1. The highest BCUT2D eigenvalue weighted by Gasteiger charge is 2.08. The highest BCUT2D eigenvalue weighted by molar-refractivity contribution is 9.10. The van der Waals surface area contributed by atoms with Crippen molar-refractivity contribution < 1.29 is 10.2 Å². The topological polar surface area (TPSA) is 58.3 Å². The molecule has 5 heteroatoms. The third kappa shape index (κ3) is 3.41. The summed E-state index contributed by atoms with van der Waals surface area (Å²) in [7, 11) is 0. The molecule has 0 aliphatic rings. The van der Waals surface area contributed by atoms with Gasteiger partial charge in [0, 0.05) is 23.3 Å². The maximum Gasteiger partial charge on any atom is 0.113 e. The first-order valence-corrected chi connectivity index (χ1v) is 6.51. The van der Waals surface area contributed by atoms with Crippen LogP contribution >= 0.6 is 15.9 Å². The molecule has 0 bridgehead atoms. The predicted molar refractivity (Wildman–Crippen MR) is 72.3 cm³/mol. The second-order valence-electron chi connectivity index (χ2n) is 4.14. The molecule has 2 rings (SSSR count). The van der Waals surface area contributed by atoms with Gasteiger partial charge >= 0.3 is 0 Å². The third-order valence-electron chi connectivity index (χ3n) is 2.67. The monoisotopic (exact) mass is 310 g/mol. The molecule has 0 spiro atoms. The van der Waals surface area contributed by atoms with Gasteiger partial charge in [-0.15, -0.1) is 0 Å². The molecule has 1 atom stereocenters. The lowest BCUT2D eigenvalue weighted by Crippen LogP contribution is -2.20. The maximum atomic E-state index is 9.46. The van der Waals surface area contributed by atoms with Crippen molar-refractivity contribution in [2.24, 2.45) is 0 Å². The summed E-state index contributed by atoms with van der Waals surface area (Å²) in [5, 5.41) is 18.3. The highest BCUT2D eigenvalue weighted by Crippen LogP contribution is 2.14. The van der Waals surface area contributed by atoms with Crippen molar-refractivity contribution in [1.82, 2.24) is 9.55 Å². The second-order valence-corrected chi connectivity index (χ2v) is 5.05. The number of hydrogen-bond acceptors (Lipinski definition) is 3. The molecule has 0 saturated heterocycles. The average molecular weight is 311 g/mol. The fourth-order valence-electron chi connectivity index (χ4n) is 1.79. The van der Waals surface area contributed by atoms with E-state index < -0.39 is 6.10 Å². The first kappa shape index (κ1) is 13.3. The van der Waals surface area contributed by atoms with E-state index in [4.69, 9.17) is 5.11 Å². The maximum absolute atomic E-state index is 9.46. The van der Waals surface area contributed by atoms with Gasteiger partial charge in [0.1, 0.15) is 5.82 Å². The first-order valence-electron chi connectivity index (χ1n) is 5.72. The van der Waals surface area contributed by atoms with Crippen LogP contribution in [0.1, 0.15) is 11.4 Å². The van der Waals surface area contributed by atoms with Crippen LogP contribution in [0.3, 0.4) is 0 Å². The van der Waals surface area contributed by atoms with Crippen LogP contribution in [0.25, 0.3) is 0 Å². The van der Waals surface area contributed by atoms with E-state index in [0.29, 0.717) is 13.0 Å². The largest absolute Gasteiger partial charge is 0.394 e. The van der Waals surface area contributed by atoms with Crippen LogP contribution < -0.4 is 0 Å². The highest BCUT2D eigenvalue weighted by atomic mass is 79.9. The number of halogens is 1. The Kier molecular flexibility index (Phi) is 4.52. The SMILES string of the molecule is OCC(O)Cn1ccnc1Cc1cccc(Br)c1. The summed E-state index contributed by atoms with van der Waals surface area (Å²) in [6, 6.07) is 8.04. The zero-order chi connectivity index (χ0) is 13.0. The Labute approximate surface area is 114 Å². The zero-order valence-electron chi connectivity index (χ0n) is 9.83. The van der Waals surface area contributed by atoms with Gasteiger partial charge in [-0.1, -0.05) is 28.1 Å². The van der Waals surface area contributed by atoms with E-state index in [9.17, 15) is 5.11 Å². The molecule has 0 radical (unpaired) electrons. The smallest absolute Gasteiger partial charge is 0.113 e. The van der Waals surface area contributed by atoms with Gasteiger partial charge < -0.3 is 14.8 Å².